The fourth-order valence-electron chi connectivity index (χ4n) is 2.03. The van der Waals surface area contributed by atoms with Crippen LogP contribution in [0.15, 0.2) is 4.79 Å². The zero-order valence-corrected chi connectivity index (χ0v) is 15.5. The normalized spacial score (nSPS) is 9.46. The van der Waals surface area contributed by atoms with Crippen LogP contribution in [0, 0.1) is 0 Å². The molecule has 160 valence electrons. The predicted molar refractivity (Wildman–Crippen MR) is 98.4 cm³/mol. The summed E-state index contributed by atoms with van der Waals surface area (Å²) in [5.74, 6) is -1.99. The predicted octanol–water partition coefficient (Wildman–Crippen LogP) is -3.08. The molecule has 0 aliphatic rings. The third kappa shape index (κ3) is 10.1. The van der Waals surface area contributed by atoms with E-state index in [4.69, 9.17) is 5.73 Å². The molecular formula is C15H27N5O8. The molecule has 2 amide bonds. The third-order valence-electron chi connectivity index (χ3n) is 3.27. The van der Waals surface area contributed by atoms with Crippen LogP contribution in [0.5, 0.6) is 5.88 Å². The average Bonchev–Trinajstić information content (AvgIpc) is 2.56. The highest BCUT2D eigenvalue weighted by Gasteiger charge is 2.11. The quantitative estimate of drug-likeness (QED) is 0.197. The van der Waals surface area contributed by atoms with Gasteiger partial charge in [-0.2, -0.15) is 4.98 Å². The molecule has 0 aliphatic heterocycles. The number of esters is 1. The van der Waals surface area contributed by atoms with E-state index in [1.54, 1.807) is 6.92 Å². The minimum Gasteiger partial charge on any atom is -0.493 e. The van der Waals surface area contributed by atoms with Crippen LogP contribution >= 0.6 is 0 Å². The van der Waals surface area contributed by atoms with Gasteiger partial charge in [-0.3, -0.25) is 24.2 Å². The number of nitrogens with two attached hydrogens (primary N) is 1. The summed E-state index contributed by atoms with van der Waals surface area (Å²) in [4.78, 5) is 51.6. The van der Waals surface area contributed by atoms with Crippen molar-refractivity contribution in [1.29, 1.82) is 0 Å². The number of nitrogens with one attached hydrogen (secondary N) is 3. The number of aromatic nitrogens is 2. The molecule has 1 heterocycles. The molecule has 1 aromatic rings. The Bertz CT molecular complexity index is 706. The number of nitrogens with zero attached hydrogens (tertiary/aromatic N) is 1. The Balaban J connectivity index is 0. The lowest BCUT2D eigenvalue weighted by molar-refractivity contribution is -0.143. The Kier molecular flexibility index (Phi) is 13.5. The number of nitrogen functional groups attached to an aromatic ring is 1. The topological polar surface area (TPSA) is 240 Å². The summed E-state index contributed by atoms with van der Waals surface area (Å²) >= 11 is 0. The first kappa shape index (κ1) is 27.0. The molecule has 0 fully saturated rings. The maximum Gasteiger partial charge on any atom is 0.325 e. The van der Waals surface area contributed by atoms with Crippen molar-refractivity contribution in [1.82, 2.24) is 20.6 Å². The van der Waals surface area contributed by atoms with E-state index in [-0.39, 0.29) is 60.9 Å². The van der Waals surface area contributed by atoms with E-state index in [1.807, 2.05) is 0 Å². The summed E-state index contributed by atoms with van der Waals surface area (Å²) in [6.45, 7) is 1.37. The van der Waals surface area contributed by atoms with Crippen molar-refractivity contribution < 1.29 is 35.2 Å². The van der Waals surface area contributed by atoms with Crippen LogP contribution in [-0.4, -0.2) is 63.5 Å². The van der Waals surface area contributed by atoms with Crippen LogP contribution < -0.4 is 21.9 Å². The van der Waals surface area contributed by atoms with Gasteiger partial charge >= 0.3 is 5.97 Å². The molecule has 10 N–H and O–H groups in total. The number of H-pyrrole nitrogens is 1. The van der Waals surface area contributed by atoms with Gasteiger partial charge in [-0.05, 0) is 26.2 Å². The van der Waals surface area contributed by atoms with Gasteiger partial charge < -0.3 is 37.2 Å². The van der Waals surface area contributed by atoms with Crippen molar-refractivity contribution in [2.45, 2.75) is 32.6 Å². The van der Waals surface area contributed by atoms with Crippen LogP contribution in [0.25, 0.3) is 0 Å². The minimum atomic E-state index is -0.553. The van der Waals surface area contributed by atoms with Crippen LogP contribution in [0.4, 0.5) is 5.95 Å². The molecule has 0 aliphatic carbocycles. The molecule has 0 saturated heterocycles. The number of aromatic hydroxyl groups is 1. The van der Waals surface area contributed by atoms with Gasteiger partial charge in [-0.15, -0.1) is 0 Å². The van der Waals surface area contributed by atoms with Crippen LogP contribution in [0.2, 0.25) is 0 Å². The number of carbonyl (C=O) groups excluding carboxylic acids is 3. The van der Waals surface area contributed by atoms with Gasteiger partial charge in [0, 0.05) is 6.42 Å². The molecule has 0 aromatic carbocycles. The minimum absolute atomic E-state index is 0. The van der Waals surface area contributed by atoms with Crippen molar-refractivity contribution in [3.8, 4) is 5.88 Å². The number of ether oxygens (including phenoxy) is 1. The summed E-state index contributed by atoms with van der Waals surface area (Å²) < 4.78 is 4.65. The zero-order valence-electron chi connectivity index (χ0n) is 15.5. The summed E-state index contributed by atoms with van der Waals surface area (Å²) in [6, 6.07) is 0. The van der Waals surface area contributed by atoms with Crippen LogP contribution in [-0.2, 0) is 25.5 Å². The zero-order chi connectivity index (χ0) is 19.5. The van der Waals surface area contributed by atoms with E-state index in [9.17, 15) is 24.3 Å². The van der Waals surface area contributed by atoms with Gasteiger partial charge in [0.2, 0.25) is 23.6 Å². The van der Waals surface area contributed by atoms with Gasteiger partial charge in [0.1, 0.15) is 6.54 Å². The van der Waals surface area contributed by atoms with Gasteiger partial charge in [0.15, 0.2) is 0 Å². The van der Waals surface area contributed by atoms with Crippen molar-refractivity contribution in [2.75, 3.05) is 25.4 Å². The van der Waals surface area contributed by atoms with E-state index in [0.29, 0.717) is 12.8 Å². The Labute approximate surface area is 160 Å². The first-order valence-electron chi connectivity index (χ1n) is 8.10. The fourth-order valence-corrected chi connectivity index (χ4v) is 2.03. The number of unbranched alkanes of at least 4 members (excludes halogenated alkanes) is 1. The van der Waals surface area contributed by atoms with Gasteiger partial charge in [-0.1, -0.05) is 0 Å². The Morgan fingerprint density at radius 3 is 2.39 bits per heavy atom. The molecule has 1 aromatic heterocycles. The van der Waals surface area contributed by atoms with Gasteiger partial charge in [0.25, 0.3) is 5.56 Å². The number of carbonyl (C=O) groups is 3. The van der Waals surface area contributed by atoms with Crippen molar-refractivity contribution in [3.63, 3.8) is 0 Å². The number of rotatable bonds is 10. The maximum absolute atomic E-state index is 11.6. The van der Waals surface area contributed by atoms with E-state index >= 15 is 0 Å². The second-order valence-corrected chi connectivity index (χ2v) is 5.32. The van der Waals surface area contributed by atoms with Gasteiger partial charge in [0.05, 0.1) is 18.7 Å². The first-order chi connectivity index (χ1) is 12.3. The van der Waals surface area contributed by atoms with E-state index in [0.717, 1.165) is 0 Å². The van der Waals surface area contributed by atoms with Crippen molar-refractivity contribution in [2.24, 2.45) is 0 Å². The van der Waals surface area contributed by atoms with E-state index < -0.39 is 23.3 Å². The largest absolute Gasteiger partial charge is 0.493 e. The molecule has 28 heavy (non-hydrogen) atoms. The number of anilines is 1. The smallest absolute Gasteiger partial charge is 0.325 e. The maximum atomic E-state index is 11.6. The molecule has 1 rings (SSSR count). The van der Waals surface area contributed by atoms with Crippen LogP contribution in [0.3, 0.4) is 0 Å². The molecule has 0 atom stereocenters. The Morgan fingerprint density at radius 1 is 1.14 bits per heavy atom. The summed E-state index contributed by atoms with van der Waals surface area (Å²) in [5, 5.41) is 14.3. The lowest BCUT2D eigenvalue weighted by Crippen LogP contribution is -2.39. The summed E-state index contributed by atoms with van der Waals surface area (Å²) in [7, 11) is 0. The summed E-state index contributed by atoms with van der Waals surface area (Å²) in [6.07, 6.45) is 1.29. The highest BCUT2D eigenvalue weighted by molar-refractivity contribution is 5.86. The van der Waals surface area contributed by atoms with Gasteiger partial charge in [-0.25, -0.2) is 0 Å². The number of hydrogen-bond acceptors (Lipinski definition) is 8. The molecule has 13 heteroatoms. The molecule has 0 radical (unpaired) electrons. The third-order valence-corrected chi connectivity index (χ3v) is 3.27. The molecule has 13 nitrogen and oxygen atoms in total. The number of aromatic amines is 1. The number of amides is 2. The van der Waals surface area contributed by atoms with E-state index in [2.05, 4.69) is 25.3 Å². The molecule has 0 spiro atoms. The average molecular weight is 405 g/mol. The van der Waals surface area contributed by atoms with Crippen LogP contribution in [0.1, 0.15) is 31.7 Å². The standard InChI is InChI=1S/C15H23N5O6.2H2O/c1-2-26-12(23)8-18-11(22)7-17-10(21)6-4-3-5-9-13(24)19-15(16)20-14(9)25;;/h2-8H2,1H3,(H,17,21)(H,18,22)(H4,16,19,20,24,25);2*1H2. The second kappa shape index (κ2) is 13.9. The Hall–Kier alpha value is -3.19. The summed E-state index contributed by atoms with van der Waals surface area (Å²) in [5.41, 5.74) is 4.89. The second-order valence-electron chi connectivity index (χ2n) is 5.32. The molecular weight excluding hydrogens is 378 g/mol. The first-order valence-corrected chi connectivity index (χ1v) is 8.10. The van der Waals surface area contributed by atoms with Crippen molar-refractivity contribution >= 4 is 23.7 Å². The van der Waals surface area contributed by atoms with E-state index in [1.165, 1.54) is 0 Å². The highest BCUT2D eigenvalue weighted by Crippen LogP contribution is 2.12. The fraction of sp³-hybridized carbons (Fsp3) is 0.533. The highest BCUT2D eigenvalue weighted by atomic mass is 16.5. The SMILES string of the molecule is CCOC(=O)CNC(=O)CNC(=O)CCCCc1c(O)nc(N)[nH]c1=O.O.O. The lowest BCUT2D eigenvalue weighted by Gasteiger charge is -2.07. The lowest BCUT2D eigenvalue weighted by atomic mass is 10.1. The Morgan fingerprint density at radius 2 is 1.79 bits per heavy atom. The van der Waals surface area contributed by atoms with Crippen molar-refractivity contribution in [3.05, 3.63) is 15.9 Å². The molecule has 0 unspecified atom stereocenters. The monoisotopic (exact) mass is 405 g/mol. The number of hydrogen-bond donors (Lipinski definition) is 5. The molecule has 0 bridgehead atoms. The molecule has 0 saturated carbocycles.